The normalized spacial score (nSPS) is 22.8. The zero-order valence-corrected chi connectivity index (χ0v) is 18.8. The van der Waals surface area contributed by atoms with Crippen LogP contribution in [-0.4, -0.2) is 48.2 Å². The van der Waals surface area contributed by atoms with Gasteiger partial charge in [0, 0.05) is 43.0 Å². The van der Waals surface area contributed by atoms with Gasteiger partial charge in [0.05, 0.1) is 5.75 Å². The lowest BCUT2D eigenvalue weighted by Crippen LogP contribution is -2.33. The van der Waals surface area contributed by atoms with Crippen molar-refractivity contribution in [3.8, 4) is 0 Å². The van der Waals surface area contributed by atoms with Crippen LogP contribution >= 0.6 is 0 Å². The molecule has 1 amide bonds. The topological polar surface area (TPSA) is 116 Å². The van der Waals surface area contributed by atoms with Gasteiger partial charge >= 0.3 is 6.09 Å². The van der Waals surface area contributed by atoms with Crippen LogP contribution in [0.25, 0.3) is 0 Å². The van der Waals surface area contributed by atoms with Crippen LogP contribution < -0.4 is 10.6 Å². The summed E-state index contributed by atoms with van der Waals surface area (Å²) in [6, 6.07) is 7.75. The Kier molecular flexibility index (Phi) is 5.94. The van der Waals surface area contributed by atoms with Gasteiger partial charge in [0.2, 0.25) is 10.0 Å². The number of benzene rings is 1. The Morgan fingerprint density at radius 3 is 2.84 bits per heavy atom. The number of aromatic amines is 1. The summed E-state index contributed by atoms with van der Waals surface area (Å²) in [6.07, 6.45) is 2.09. The van der Waals surface area contributed by atoms with Crippen LogP contribution in [-0.2, 0) is 27.1 Å². The number of hydrogen-bond donors (Lipinski definition) is 3. The van der Waals surface area contributed by atoms with Crippen molar-refractivity contribution >= 4 is 27.6 Å². The minimum Gasteiger partial charge on any atom is -0.446 e. The zero-order chi connectivity index (χ0) is 22.2. The maximum absolute atomic E-state index is 12.0. The van der Waals surface area contributed by atoms with Gasteiger partial charge in [-0.25, -0.2) is 17.5 Å². The number of sulfonamides is 1. The van der Waals surface area contributed by atoms with E-state index >= 15 is 0 Å². The molecule has 0 radical (unpaired) electrons. The average molecular weight is 448 g/mol. The van der Waals surface area contributed by atoms with Gasteiger partial charge in [-0.15, -0.1) is 0 Å². The molecule has 1 aromatic carbocycles. The van der Waals surface area contributed by atoms with Crippen LogP contribution in [0.2, 0.25) is 0 Å². The second-order valence-corrected chi connectivity index (χ2v) is 10.7. The molecule has 1 fully saturated rings. The number of H-pyrrole nitrogens is 1. The highest BCUT2D eigenvalue weighted by molar-refractivity contribution is 7.88. The average Bonchev–Trinajstić information content (AvgIpc) is 3.31. The molecule has 1 aromatic heterocycles. The molecule has 0 spiro atoms. The van der Waals surface area contributed by atoms with Crippen molar-refractivity contribution in [2.24, 2.45) is 0 Å². The third kappa shape index (κ3) is 5.01. The molecule has 0 bridgehead atoms. The minimum atomic E-state index is -3.21. The van der Waals surface area contributed by atoms with Crippen molar-refractivity contribution in [2.75, 3.05) is 12.4 Å². The van der Waals surface area contributed by atoms with E-state index in [1.165, 1.54) is 4.31 Å². The summed E-state index contributed by atoms with van der Waals surface area (Å²) in [5.41, 5.74) is 3.71. The maximum Gasteiger partial charge on any atom is 0.407 e. The minimum absolute atomic E-state index is 0.0335. The number of alkyl carbamates (subject to hydrolysis) is 1. The molecule has 2 atom stereocenters. The van der Waals surface area contributed by atoms with Gasteiger partial charge in [-0.2, -0.15) is 5.10 Å². The number of aromatic nitrogens is 2. The highest BCUT2D eigenvalue weighted by Gasteiger charge is 2.30. The van der Waals surface area contributed by atoms with Crippen molar-refractivity contribution in [1.29, 1.82) is 0 Å². The molecule has 4 rings (SSSR count). The first-order valence-corrected chi connectivity index (χ1v) is 12.2. The predicted molar refractivity (Wildman–Crippen MR) is 118 cm³/mol. The maximum atomic E-state index is 12.0. The van der Waals surface area contributed by atoms with Crippen molar-refractivity contribution in [3.05, 3.63) is 41.1 Å². The molecular weight excluding hydrogens is 418 g/mol. The third-order valence-corrected chi connectivity index (χ3v) is 7.54. The molecule has 2 heterocycles. The number of rotatable bonds is 5. The number of nitrogens with zero attached hydrogens (tertiary/aromatic N) is 2. The Hall–Kier alpha value is -2.59. The van der Waals surface area contributed by atoms with Crippen LogP contribution in [0.1, 0.15) is 55.8 Å². The Bertz CT molecular complexity index is 1070. The van der Waals surface area contributed by atoms with Crippen molar-refractivity contribution in [2.45, 2.75) is 63.5 Å². The summed E-state index contributed by atoms with van der Waals surface area (Å²) in [5, 5.41) is 13.5. The standard InChI is InChI=1S/C21H29N5O4S/c1-13(2)22-21(27)30-18-7-5-14(9-18)19-10-20(25-24-19)23-17-6-4-15-12-31(28,29)26(3)11-16(15)8-17/h4,6,8,10,13-14,18H,5,7,9,11-12H2,1-3H3,(H,22,27)(H2,23,24,25)/t14-,18?/m0/s1. The summed E-state index contributed by atoms with van der Waals surface area (Å²) in [7, 11) is -1.61. The molecule has 168 valence electrons. The largest absolute Gasteiger partial charge is 0.446 e. The molecule has 1 saturated carbocycles. The molecule has 2 aliphatic rings. The second kappa shape index (κ2) is 8.51. The van der Waals surface area contributed by atoms with Crippen molar-refractivity contribution < 1.29 is 17.9 Å². The van der Waals surface area contributed by atoms with Gasteiger partial charge in [-0.05, 0) is 56.4 Å². The van der Waals surface area contributed by atoms with E-state index in [1.54, 1.807) is 7.05 Å². The molecule has 3 N–H and O–H groups in total. The quantitative estimate of drug-likeness (QED) is 0.648. The third-order valence-electron chi connectivity index (χ3n) is 5.79. The predicted octanol–water partition coefficient (Wildman–Crippen LogP) is 3.20. The van der Waals surface area contributed by atoms with E-state index in [9.17, 15) is 13.2 Å². The first-order chi connectivity index (χ1) is 14.7. The highest BCUT2D eigenvalue weighted by atomic mass is 32.2. The summed E-state index contributed by atoms with van der Waals surface area (Å²) < 4.78 is 31.0. The van der Waals surface area contributed by atoms with E-state index in [-0.39, 0.29) is 29.9 Å². The highest BCUT2D eigenvalue weighted by Crippen LogP contribution is 2.36. The van der Waals surface area contributed by atoms with E-state index in [0.717, 1.165) is 41.8 Å². The molecule has 2 aromatic rings. The van der Waals surface area contributed by atoms with E-state index in [1.807, 2.05) is 38.1 Å². The molecule has 9 nitrogen and oxygen atoms in total. The summed E-state index contributed by atoms with van der Waals surface area (Å²) >= 11 is 0. The number of hydrogen-bond acceptors (Lipinski definition) is 6. The first-order valence-electron chi connectivity index (χ1n) is 10.5. The number of carbonyl (C=O) groups excluding carboxylic acids is 1. The fourth-order valence-electron chi connectivity index (χ4n) is 4.15. The second-order valence-electron chi connectivity index (χ2n) is 8.67. The van der Waals surface area contributed by atoms with E-state index < -0.39 is 10.0 Å². The number of carbonyl (C=O) groups is 1. The van der Waals surface area contributed by atoms with Gasteiger partial charge in [0.15, 0.2) is 5.82 Å². The zero-order valence-electron chi connectivity index (χ0n) is 18.0. The SMILES string of the molecule is CC(C)NC(=O)OC1CC[C@H](c2cc(Nc3ccc4c(c3)CN(C)S(=O)(=O)C4)n[nH]2)C1. The number of nitrogens with one attached hydrogen (secondary N) is 3. The lowest BCUT2D eigenvalue weighted by molar-refractivity contribution is 0.0981. The van der Waals surface area contributed by atoms with Crippen LogP contribution in [0.5, 0.6) is 0 Å². The van der Waals surface area contributed by atoms with E-state index in [4.69, 9.17) is 4.74 Å². The Morgan fingerprint density at radius 2 is 2.06 bits per heavy atom. The number of ether oxygens (including phenoxy) is 1. The van der Waals surface area contributed by atoms with Crippen LogP contribution in [0.3, 0.4) is 0 Å². The van der Waals surface area contributed by atoms with E-state index in [0.29, 0.717) is 12.4 Å². The monoisotopic (exact) mass is 447 g/mol. The van der Waals surface area contributed by atoms with Crippen LogP contribution in [0.4, 0.5) is 16.3 Å². The van der Waals surface area contributed by atoms with Gasteiger partial charge in [-0.3, -0.25) is 5.10 Å². The number of amides is 1. The summed E-state index contributed by atoms with van der Waals surface area (Å²) in [5.74, 6) is 1.00. The molecule has 1 unspecified atom stereocenters. The fourth-order valence-corrected chi connectivity index (χ4v) is 5.38. The van der Waals surface area contributed by atoms with Crippen molar-refractivity contribution in [3.63, 3.8) is 0 Å². The Labute approximate surface area is 182 Å². The molecule has 10 heteroatoms. The van der Waals surface area contributed by atoms with Gasteiger partial charge in [-0.1, -0.05) is 6.07 Å². The van der Waals surface area contributed by atoms with Gasteiger partial charge < -0.3 is 15.4 Å². The van der Waals surface area contributed by atoms with Gasteiger partial charge in [0.25, 0.3) is 0 Å². The van der Waals surface area contributed by atoms with Gasteiger partial charge in [0.1, 0.15) is 6.10 Å². The molecular formula is C21H29N5O4S. The molecule has 1 aliphatic heterocycles. The lowest BCUT2D eigenvalue weighted by atomic mass is 10.0. The molecule has 0 saturated heterocycles. The smallest absolute Gasteiger partial charge is 0.407 e. The lowest BCUT2D eigenvalue weighted by Gasteiger charge is -2.25. The Morgan fingerprint density at radius 1 is 1.26 bits per heavy atom. The molecule has 1 aliphatic carbocycles. The Balaban J connectivity index is 1.37. The number of anilines is 2. The summed E-state index contributed by atoms with van der Waals surface area (Å²) in [4.78, 5) is 11.8. The molecule has 31 heavy (non-hydrogen) atoms. The fraction of sp³-hybridized carbons (Fsp3) is 0.524. The van der Waals surface area contributed by atoms with E-state index in [2.05, 4.69) is 20.8 Å². The first kappa shape index (κ1) is 21.6. The van der Waals surface area contributed by atoms with Crippen LogP contribution in [0.15, 0.2) is 24.3 Å². The van der Waals surface area contributed by atoms with Crippen molar-refractivity contribution in [1.82, 2.24) is 19.8 Å². The summed E-state index contributed by atoms with van der Waals surface area (Å²) in [6.45, 7) is 4.17. The van der Waals surface area contributed by atoms with Crippen LogP contribution in [0, 0.1) is 0 Å². The number of fused-ring (bicyclic) bond motifs is 1.